The van der Waals surface area contributed by atoms with Crippen LogP contribution in [0.5, 0.6) is 0 Å². The third-order valence-corrected chi connectivity index (χ3v) is 3.88. The minimum Gasteiger partial charge on any atom is -0.389 e. The molecule has 0 radical (unpaired) electrons. The normalized spacial score (nSPS) is 13.0. The van der Waals surface area contributed by atoms with Crippen LogP contribution in [0.4, 0.5) is 0 Å². The molecule has 3 N–H and O–H groups in total. The van der Waals surface area contributed by atoms with E-state index in [1.807, 2.05) is 0 Å². The molecule has 1 atom stereocenters. The summed E-state index contributed by atoms with van der Waals surface area (Å²) in [7, 11) is 0. The zero-order chi connectivity index (χ0) is 16.3. The molecule has 3 nitrogen and oxygen atoms in total. The Labute approximate surface area is 138 Å². The molecule has 0 aliphatic rings. The van der Waals surface area contributed by atoms with E-state index in [4.69, 9.17) is 10.5 Å². The molecule has 0 heterocycles. The second kappa shape index (κ2) is 18.7. The Kier molecular flexibility index (Phi) is 18.3. The van der Waals surface area contributed by atoms with Crippen molar-refractivity contribution < 1.29 is 9.84 Å². The highest BCUT2D eigenvalue weighted by Gasteiger charge is 1.99. The number of hydrogen-bond acceptors (Lipinski definition) is 3. The first-order valence-electron chi connectivity index (χ1n) is 9.42. The minimum atomic E-state index is -0.503. The van der Waals surface area contributed by atoms with E-state index in [-0.39, 0.29) is 6.54 Å². The fraction of sp³-hybridized carbons (Fsp3) is 0.895. The maximum absolute atomic E-state index is 9.22. The highest BCUT2D eigenvalue weighted by atomic mass is 16.5. The lowest BCUT2D eigenvalue weighted by Gasteiger charge is -2.08. The molecule has 0 fully saturated rings. The predicted octanol–water partition coefficient (Wildman–Crippen LogP) is 4.58. The molecular formula is C19H39NO2. The molecule has 0 aromatic carbocycles. The van der Waals surface area contributed by atoms with E-state index in [2.05, 4.69) is 19.1 Å². The van der Waals surface area contributed by atoms with E-state index >= 15 is 0 Å². The summed E-state index contributed by atoms with van der Waals surface area (Å²) in [6.45, 7) is 3.66. The highest BCUT2D eigenvalue weighted by molar-refractivity contribution is 4.81. The molecule has 1 unspecified atom stereocenters. The summed E-state index contributed by atoms with van der Waals surface area (Å²) in [5.41, 5.74) is 5.30. The molecule has 132 valence electrons. The van der Waals surface area contributed by atoms with Crippen LogP contribution in [0.15, 0.2) is 12.2 Å². The van der Waals surface area contributed by atoms with E-state index in [0.29, 0.717) is 6.61 Å². The van der Waals surface area contributed by atoms with Crippen LogP contribution in [0.2, 0.25) is 0 Å². The van der Waals surface area contributed by atoms with Crippen LogP contribution >= 0.6 is 0 Å². The maximum Gasteiger partial charge on any atom is 0.0895 e. The molecule has 0 aromatic rings. The standard InChI is InChI=1S/C19H39NO2/c1-2-3-4-5-6-7-8-9-10-11-12-13-14-15-16-22-18-19(21)17-20/h9-10,19,21H,2-8,11-18,20H2,1H3/b10-9+. The van der Waals surface area contributed by atoms with Gasteiger partial charge in [0.1, 0.15) is 0 Å². The molecular weight excluding hydrogens is 274 g/mol. The van der Waals surface area contributed by atoms with Gasteiger partial charge in [0.05, 0.1) is 12.7 Å². The molecule has 0 amide bonds. The van der Waals surface area contributed by atoms with Gasteiger partial charge in [0.25, 0.3) is 0 Å². The molecule has 0 bridgehead atoms. The number of hydrogen-bond donors (Lipinski definition) is 2. The van der Waals surface area contributed by atoms with Gasteiger partial charge in [-0.3, -0.25) is 0 Å². The van der Waals surface area contributed by atoms with Crippen LogP contribution in [0, 0.1) is 0 Å². The molecule has 3 heteroatoms. The van der Waals surface area contributed by atoms with E-state index in [1.165, 1.54) is 70.6 Å². The summed E-state index contributed by atoms with van der Waals surface area (Å²) in [6, 6.07) is 0. The van der Waals surface area contributed by atoms with Crippen molar-refractivity contribution in [2.24, 2.45) is 5.73 Å². The van der Waals surface area contributed by atoms with Crippen molar-refractivity contribution in [3.63, 3.8) is 0 Å². The Balaban J connectivity index is 3.08. The fourth-order valence-corrected chi connectivity index (χ4v) is 2.39. The van der Waals surface area contributed by atoms with Gasteiger partial charge < -0.3 is 15.6 Å². The van der Waals surface area contributed by atoms with Gasteiger partial charge in [-0.05, 0) is 32.1 Å². The van der Waals surface area contributed by atoms with Crippen LogP contribution in [0.25, 0.3) is 0 Å². The van der Waals surface area contributed by atoms with Crippen LogP contribution in [0.3, 0.4) is 0 Å². The molecule has 0 rings (SSSR count). The SMILES string of the molecule is CCCCCCCC/C=C/CCCCCCOCC(O)CN. The Morgan fingerprint density at radius 2 is 1.41 bits per heavy atom. The van der Waals surface area contributed by atoms with Gasteiger partial charge in [-0.2, -0.15) is 0 Å². The van der Waals surface area contributed by atoms with Gasteiger partial charge in [-0.15, -0.1) is 0 Å². The molecule has 0 aliphatic carbocycles. The van der Waals surface area contributed by atoms with Crippen LogP contribution < -0.4 is 5.73 Å². The third kappa shape index (κ3) is 17.7. The third-order valence-electron chi connectivity index (χ3n) is 3.88. The number of allylic oxidation sites excluding steroid dienone is 2. The van der Waals surface area contributed by atoms with E-state index < -0.39 is 6.10 Å². The van der Waals surface area contributed by atoms with Crippen LogP contribution in [-0.4, -0.2) is 31.0 Å². The second-order valence-electron chi connectivity index (χ2n) is 6.20. The minimum absolute atomic E-state index is 0.283. The Morgan fingerprint density at radius 3 is 2.00 bits per heavy atom. The summed E-state index contributed by atoms with van der Waals surface area (Å²) in [6.07, 6.45) is 19.8. The van der Waals surface area contributed by atoms with Gasteiger partial charge in [0.15, 0.2) is 0 Å². The van der Waals surface area contributed by atoms with Gasteiger partial charge in [-0.1, -0.05) is 64.0 Å². The number of aliphatic hydroxyl groups excluding tert-OH is 1. The Hall–Kier alpha value is -0.380. The summed E-state index contributed by atoms with van der Waals surface area (Å²) < 4.78 is 5.35. The summed E-state index contributed by atoms with van der Waals surface area (Å²) in [4.78, 5) is 0. The van der Waals surface area contributed by atoms with E-state index in [9.17, 15) is 5.11 Å². The number of nitrogens with two attached hydrogens (primary N) is 1. The average molecular weight is 314 g/mol. The van der Waals surface area contributed by atoms with Crippen LogP contribution in [0.1, 0.15) is 84.0 Å². The van der Waals surface area contributed by atoms with E-state index in [0.717, 1.165) is 13.0 Å². The number of rotatable bonds is 17. The van der Waals surface area contributed by atoms with Crippen LogP contribution in [-0.2, 0) is 4.74 Å². The lowest BCUT2D eigenvalue weighted by molar-refractivity contribution is 0.0396. The quantitative estimate of drug-likeness (QED) is 0.305. The lowest BCUT2D eigenvalue weighted by Crippen LogP contribution is -2.25. The first-order valence-corrected chi connectivity index (χ1v) is 9.42. The zero-order valence-electron chi connectivity index (χ0n) is 14.8. The molecule has 0 aromatic heterocycles. The van der Waals surface area contributed by atoms with Gasteiger partial charge in [-0.25, -0.2) is 0 Å². The Bertz CT molecular complexity index is 231. The van der Waals surface area contributed by atoms with Crippen molar-refractivity contribution in [1.29, 1.82) is 0 Å². The summed E-state index contributed by atoms with van der Waals surface area (Å²) in [5.74, 6) is 0. The average Bonchev–Trinajstić information content (AvgIpc) is 2.54. The van der Waals surface area contributed by atoms with Gasteiger partial charge in [0, 0.05) is 13.2 Å². The molecule has 0 saturated carbocycles. The van der Waals surface area contributed by atoms with E-state index in [1.54, 1.807) is 0 Å². The van der Waals surface area contributed by atoms with Crippen molar-refractivity contribution in [3.8, 4) is 0 Å². The summed E-state index contributed by atoms with van der Waals surface area (Å²) >= 11 is 0. The highest BCUT2D eigenvalue weighted by Crippen LogP contribution is 2.08. The largest absolute Gasteiger partial charge is 0.389 e. The second-order valence-corrected chi connectivity index (χ2v) is 6.20. The van der Waals surface area contributed by atoms with Crippen molar-refractivity contribution in [2.45, 2.75) is 90.1 Å². The van der Waals surface area contributed by atoms with Crippen molar-refractivity contribution in [3.05, 3.63) is 12.2 Å². The Morgan fingerprint density at radius 1 is 0.864 bits per heavy atom. The smallest absolute Gasteiger partial charge is 0.0895 e. The fourth-order valence-electron chi connectivity index (χ4n) is 2.39. The first kappa shape index (κ1) is 21.6. The first-order chi connectivity index (χ1) is 10.8. The topological polar surface area (TPSA) is 55.5 Å². The number of ether oxygens (including phenoxy) is 1. The molecule has 0 aliphatic heterocycles. The molecule has 0 saturated heterocycles. The van der Waals surface area contributed by atoms with Crippen molar-refractivity contribution in [1.82, 2.24) is 0 Å². The molecule has 0 spiro atoms. The number of aliphatic hydroxyl groups is 1. The lowest BCUT2D eigenvalue weighted by atomic mass is 10.1. The number of unbranched alkanes of at least 4 members (excludes halogenated alkanes) is 10. The monoisotopic (exact) mass is 313 g/mol. The maximum atomic E-state index is 9.22. The van der Waals surface area contributed by atoms with Crippen molar-refractivity contribution in [2.75, 3.05) is 19.8 Å². The zero-order valence-corrected chi connectivity index (χ0v) is 14.8. The van der Waals surface area contributed by atoms with Gasteiger partial charge in [0.2, 0.25) is 0 Å². The molecule has 22 heavy (non-hydrogen) atoms. The van der Waals surface area contributed by atoms with Gasteiger partial charge >= 0.3 is 0 Å². The predicted molar refractivity (Wildman–Crippen MR) is 96.1 cm³/mol. The van der Waals surface area contributed by atoms with Crippen molar-refractivity contribution >= 4 is 0 Å². The summed E-state index contributed by atoms with van der Waals surface area (Å²) in [5, 5.41) is 9.22.